The van der Waals surface area contributed by atoms with E-state index in [1.807, 2.05) is 6.07 Å². The lowest BCUT2D eigenvalue weighted by atomic mass is 10.2. The van der Waals surface area contributed by atoms with E-state index in [-0.39, 0.29) is 5.82 Å². The van der Waals surface area contributed by atoms with Gasteiger partial charge in [-0.1, -0.05) is 6.07 Å². The first-order chi connectivity index (χ1) is 10.0. The number of methoxy groups -OCH3 is 2. The summed E-state index contributed by atoms with van der Waals surface area (Å²) in [5.74, 6) is 1.03. The number of aryl methyl sites for hydroxylation is 1. The molecule has 0 spiro atoms. The Kier molecular flexibility index (Phi) is 4.96. The number of rotatable bonds is 4. The molecule has 0 aliphatic carbocycles. The van der Waals surface area contributed by atoms with E-state index in [1.165, 1.54) is 6.07 Å². The van der Waals surface area contributed by atoms with Crippen LogP contribution in [0.15, 0.2) is 39.8 Å². The fourth-order valence-electron chi connectivity index (χ4n) is 1.79. The fourth-order valence-corrected chi connectivity index (χ4v) is 2.31. The van der Waals surface area contributed by atoms with Gasteiger partial charge in [-0.15, -0.1) is 0 Å². The molecule has 0 amide bonds. The van der Waals surface area contributed by atoms with Gasteiger partial charge in [0.2, 0.25) is 0 Å². The lowest BCUT2D eigenvalue weighted by molar-refractivity contribution is 0.392. The summed E-state index contributed by atoms with van der Waals surface area (Å²) in [6.07, 6.45) is 1.63. The maximum atomic E-state index is 13.5. The fraction of sp³-hybridized carbons (Fsp3) is 0.188. The van der Waals surface area contributed by atoms with E-state index < -0.39 is 0 Å². The number of hydrogen-bond acceptors (Lipinski definition) is 3. The second kappa shape index (κ2) is 6.72. The molecule has 3 nitrogen and oxygen atoms in total. The van der Waals surface area contributed by atoms with Crippen molar-refractivity contribution in [2.75, 3.05) is 14.2 Å². The molecule has 5 heteroatoms. The van der Waals surface area contributed by atoms with E-state index in [9.17, 15) is 4.39 Å². The van der Waals surface area contributed by atoms with Gasteiger partial charge in [-0.2, -0.15) is 0 Å². The van der Waals surface area contributed by atoms with Crippen LogP contribution in [-0.4, -0.2) is 20.4 Å². The van der Waals surface area contributed by atoms with Gasteiger partial charge >= 0.3 is 0 Å². The standard InChI is InChI=1S/C16H15BrFNO2/c1-10-4-5-12(7-14(10)18)19-9-11-6-13(17)16(21-3)8-15(11)20-2/h4-9H,1-3H3. The second-order valence-electron chi connectivity index (χ2n) is 4.42. The van der Waals surface area contributed by atoms with E-state index >= 15 is 0 Å². The molecule has 0 aromatic heterocycles. The number of aliphatic imine (C=N–C) groups is 1. The summed E-state index contributed by atoms with van der Waals surface area (Å²) in [5, 5.41) is 0. The van der Waals surface area contributed by atoms with Gasteiger partial charge in [0.1, 0.15) is 17.3 Å². The summed E-state index contributed by atoms with van der Waals surface area (Å²) < 4.78 is 24.8. The molecule has 0 saturated heterocycles. The highest BCUT2D eigenvalue weighted by atomic mass is 79.9. The van der Waals surface area contributed by atoms with Crippen LogP contribution in [0.25, 0.3) is 0 Å². The van der Waals surface area contributed by atoms with Crippen molar-refractivity contribution in [1.82, 2.24) is 0 Å². The third kappa shape index (κ3) is 3.61. The monoisotopic (exact) mass is 351 g/mol. The minimum absolute atomic E-state index is 0.271. The molecule has 0 aliphatic heterocycles. The molecule has 2 aromatic carbocycles. The van der Waals surface area contributed by atoms with Crippen molar-refractivity contribution in [1.29, 1.82) is 0 Å². The molecular formula is C16H15BrFNO2. The Morgan fingerprint density at radius 1 is 1.10 bits per heavy atom. The molecule has 0 N–H and O–H groups in total. The molecule has 2 rings (SSSR count). The summed E-state index contributed by atoms with van der Waals surface area (Å²) in [6, 6.07) is 8.47. The molecular weight excluding hydrogens is 337 g/mol. The van der Waals surface area contributed by atoms with Gasteiger partial charge in [0, 0.05) is 17.8 Å². The van der Waals surface area contributed by atoms with Crippen molar-refractivity contribution in [3.63, 3.8) is 0 Å². The molecule has 0 heterocycles. The second-order valence-corrected chi connectivity index (χ2v) is 5.27. The molecule has 110 valence electrons. The summed E-state index contributed by atoms with van der Waals surface area (Å²) in [4.78, 5) is 4.28. The van der Waals surface area contributed by atoms with Crippen LogP contribution in [0, 0.1) is 12.7 Å². The van der Waals surface area contributed by atoms with E-state index in [0.717, 1.165) is 10.0 Å². The normalized spacial score (nSPS) is 10.9. The van der Waals surface area contributed by atoms with Crippen molar-refractivity contribution >= 4 is 27.8 Å². The maximum absolute atomic E-state index is 13.5. The topological polar surface area (TPSA) is 30.8 Å². The van der Waals surface area contributed by atoms with Crippen molar-refractivity contribution in [3.8, 4) is 11.5 Å². The minimum atomic E-state index is -0.271. The molecule has 21 heavy (non-hydrogen) atoms. The number of halogens is 2. The van der Waals surface area contributed by atoms with Gasteiger partial charge < -0.3 is 9.47 Å². The Balaban J connectivity index is 2.35. The average Bonchev–Trinajstić information content (AvgIpc) is 2.48. The molecule has 0 bridgehead atoms. The maximum Gasteiger partial charge on any atom is 0.136 e. The lowest BCUT2D eigenvalue weighted by Crippen LogP contribution is -1.94. The highest BCUT2D eigenvalue weighted by Gasteiger charge is 2.08. The SMILES string of the molecule is COc1cc(OC)c(C=Nc2ccc(C)c(F)c2)cc1Br. The van der Waals surface area contributed by atoms with Gasteiger partial charge in [0.05, 0.1) is 24.4 Å². The molecule has 0 unspecified atom stereocenters. The Bertz CT molecular complexity index is 686. The third-order valence-corrected chi connectivity index (χ3v) is 3.63. The lowest BCUT2D eigenvalue weighted by Gasteiger charge is -2.09. The van der Waals surface area contributed by atoms with E-state index in [4.69, 9.17) is 9.47 Å². The Labute approximate surface area is 131 Å². The average molecular weight is 352 g/mol. The van der Waals surface area contributed by atoms with Crippen LogP contribution < -0.4 is 9.47 Å². The first kappa shape index (κ1) is 15.5. The van der Waals surface area contributed by atoms with Crippen LogP contribution in [-0.2, 0) is 0 Å². The number of ether oxygens (including phenoxy) is 2. The zero-order chi connectivity index (χ0) is 15.4. The van der Waals surface area contributed by atoms with Crippen LogP contribution in [0.1, 0.15) is 11.1 Å². The zero-order valence-corrected chi connectivity index (χ0v) is 13.6. The Hall–Kier alpha value is -1.88. The molecule has 0 aliphatic rings. The van der Waals surface area contributed by atoms with Crippen LogP contribution >= 0.6 is 15.9 Å². The van der Waals surface area contributed by atoms with Crippen molar-refractivity contribution in [2.24, 2.45) is 4.99 Å². The summed E-state index contributed by atoms with van der Waals surface area (Å²) in [6.45, 7) is 1.71. The summed E-state index contributed by atoms with van der Waals surface area (Å²) >= 11 is 3.42. The first-order valence-corrected chi connectivity index (χ1v) is 7.06. The highest BCUT2D eigenvalue weighted by molar-refractivity contribution is 9.10. The van der Waals surface area contributed by atoms with E-state index in [2.05, 4.69) is 20.9 Å². The number of hydrogen-bond donors (Lipinski definition) is 0. The molecule has 2 aromatic rings. The number of nitrogens with zero attached hydrogens (tertiary/aromatic N) is 1. The van der Waals surface area contributed by atoms with Crippen LogP contribution in [0.3, 0.4) is 0 Å². The summed E-state index contributed by atoms with van der Waals surface area (Å²) in [5.41, 5.74) is 1.91. The third-order valence-electron chi connectivity index (χ3n) is 3.01. The van der Waals surface area contributed by atoms with Crippen LogP contribution in [0.2, 0.25) is 0 Å². The molecule has 0 fully saturated rings. The van der Waals surface area contributed by atoms with Crippen molar-refractivity contribution in [3.05, 3.63) is 51.7 Å². The quantitative estimate of drug-likeness (QED) is 0.749. The van der Waals surface area contributed by atoms with Gasteiger partial charge in [-0.25, -0.2) is 4.39 Å². The highest BCUT2D eigenvalue weighted by Crippen LogP contribution is 2.32. The molecule has 0 atom stereocenters. The Morgan fingerprint density at radius 2 is 1.81 bits per heavy atom. The van der Waals surface area contributed by atoms with E-state index in [1.54, 1.807) is 45.6 Å². The molecule has 0 saturated carbocycles. The zero-order valence-electron chi connectivity index (χ0n) is 12.0. The minimum Gasteiger partial charge on any atom is -0.496 e. The smallest absolute Gasteiger partial charge is 0.136 e. The van der Waals surface area contributed by atoms with Crippen LogP contribution in [0.4, 0.5) is 10.1 Å². The predicted octanol–water partition coefficient (Wildman–Crippen LogP) is 4.66. The van der Waals surface area contributed by atoms with Gasteiger partial charge in [-0.05, 0) is 46.6 Å². The Morgan fingerprint density at radius 3 is 2.43 bits per heavy atom. The van der Waals surface area contributed by atoms with E-state index in [0.29, 0.717) is 22.7 Å². The largest absolute Gasteiger partial charge is 0.496 e. The molecule has 0 radical (unpaired) electrons. The van der Waals surface area contributed by atoms with Crippen LogP contribution in [0.5, 0.6) is 11.5 Å². The van der Waals surface area contributed by atoms with Gasteiger partial charge in [0.25, 0.3) is 0 Å². The first-order valence-electron chi connectivity index (χ1n) is 6.27. The van der Waals surface area contributed by atoms with Crippen molar-refractivity contribution < 1.29 is 13.9 Å². The van der Waals surface area contributed by atoms with Gasteiger partial charge in [-0.3, -0.25) is 4.99 Å². The number of benzene rings is 2. The summed E-state index contributed by atoms with van der Waals surface area (Å²) in [7, 11) is 3.16. The predicted molar refractivity (Wildman–Crippen MR) is 85.6 cm³/mol. The van der Waals surface area contributed by atoms with Gasteiger partial charge in [0.15, 0.2) is 0 Å². The van der Waals surface area contributed by atoms with Crippen molar-refractivity contribution in [2.45, 2.75) is 6.92 Å².